The molecule has 1 heterocycles. The zero-order chi connectivity index (χ0) is 26.8. The van der Waals surface area contributed by atoms with Gasteiger partial charge in [0.25, 0.3) is 0 Å². The van der Waals surface area contributed by atoms with E-state index in [0.717, 1.165) is 24.2 Å². The summed E-state index contributed by atoms with van der Waals surface area (Å²) in [5.74, 6) is 0.121. The van der Waals surface area contributed by atoms with E-state index in [4.69, 9.17) is 0 Å². The number of benzene rings is 1. The molecule has 0 aliphatic heterocycles. The van der Waals surface area contributed by atoms with Gasteiger partial charge in [-0.25, -0.2) is 0 Å². The molecule has 194 valence electrons. The molecule has 2 aromatic rings. The van der Waals surface area contributed by atoms with Crippen molar-refractivity contribution in [2.45, 2.75) is 66.2 Å². The van der Waals surface area contributed by atoms with Gasteiger partial charge >= 0.3 is 204 Å². The standard InChI is InChI=1S/C24H34NOSe.F6P/c1-9-25(10-2)22(26)19-14-12-11-13-18(19)17-15-20(23(3,4)5)27-21(16-17)24(6,7)8;1-7(2,3,4,5)6/h11-16H,9-10H2,1-8H3;/q+1;-1. The Hall–Kier alpha value is -1.43. The zero-order valence-electron chi connectivity index (χ0n) is 20.9. The Morgan fingerprint density at radius 3 is 1.56 bits per heavy atom. The van der Waals surface area contributed by atoms with E-state index in [1.807, 2.05) is 36.9 Å². The summed E-state index contributed by atoms with van der Waals surface area (Å²) in [5.41, 5.74) is 3.30. The van der Waals surface area contributed by atoms with Crippen LogP contribution in [0.25, 0.3) is 11.1 Å². The van der Waals surface area contributed by atoms with Crippen molar-refractivity contribution in [1.82, 2.24) is 4.90 Å². The summed E-state index contributed by atoms with van der Waals surface area (Å²) < 4.78 is 62.2. The summed E-state index contributed by atoms with van der Waals surface area (Å²) in [4.78, 5) is 15.0. The first-order valence-corrected chi connectivity index (χ1v) is 14.6. The molecule has 0 unspecified atom stereocenters. The van der Waals surface area contributed by atoms with Crippen LogP contribution in [0.15, 0.2) is 36.4 Å². The van der Waals surface area contributed by atoms with E-state index < -0.39 is 7.81 Å². The van der Waals surface area contributed by atoms with Crippen LogP contribution in [0.1, 0.15) is 74.6 Å². The minimum atomic E-state index is -10.7. The maximum atomic E-state index is 13.1. The van der Waals surface area contributed by atoms with Crippen LogP contribution in [0, 0.1) is 0 Å². The fourth-order valence-corrected chi connectivity index (χ4v) is 5.56. The van der Waals surface area contributed by atoms with Crippen LogP contribution in [0.2, 0.25) is 0 Å². The van der Waals surface area contributed by atoms with Gasteiger partial charge in [0.15, 0.2) is 0 Å². The molecule has 0 radical (unpaired) electrons. The monoisotopic (exact) mass is 577 g/mol. The number of halogens is 6. The first-order chi connectivity index (χ1) is 14.9. The number of carbonyl (C=O) groups is 1. The van der Waals surface area contributed by atoms with E-state index in [1.165, 1.54) is 14.4 Å². The quantitative estimate of drug-likeness (QED) is 0.202. The second-order valence-corrected chi connectivity index (χ2v) is 14.2. The predicted octanol–water partition coefficient (Wildman–Crippen LogP) is 9.15. The molecule has 1 amide bonds. The van der Waals surface area contributed by atoms with Gasteiger partial charge in [-0.3, -0.25) is 0 Å². The van der Waals surface area contributed by atoms with Gasteiger partial charge in [-0.15, -0.1) is 0 Å². The second-order valence-electron chi connectivity index (χ2n) is 10.1. The molecule has 2 nitrogen and oxygen atoms in total. The first-order valence-electron chi connectivity index (χ1n) is 10.9. The van der Waals surface area contributed by atoms with E-state index >= 15 is 0 Å². The Kier molecular flexibility index (Phi) is 8.60. The number of amides is 1. The van der Waals surface area contributed by atoms with Gasteiger partial charge in [0.05, 0.1) is 0 Å². The van der Waals surface area contributed by atoms with Gasteiger partial charge in [0, 0.05) is 0 Å². The van der Waals surface area contributed by atoms with Gasteiger partial charge < -0.3 is 0 Å². The van der Waals surface area contributed by atoms with Crippen molar-refractivity contribution >= 4 is 28.2 Å². The number of nitrogens with zero attached hydrogens (tertiary/aromatic N) is 1. The molecule has 0 spiro atoms. The molecular formula is C24H34F6NOPSe. The van der Waals surface area contributed by atoms with Crippen molar-refractivity contribution in [2.24, 2.45) is 0 Å². The van der Waals surface area contributed by atoms with E-state index in [0.29, 0.717) is 14.5 Å². The van der Waals surface area contributed by atoms with Crippen LogP contribution in [0.4, 0.5) is 25.2 Å². The maximum absolute atomic E-state index is 13.1. The topological polar surface area (TPSA) is 20.3 Å². The molecule has 0 bridgehead atoms. The summed E-state index contributed by atoms with van der Waals surface area (Å²) in [5, 5.41) is 0. The molecule has 0 fully saturated rings. The average Bonchev–Trinajstić information content (AvgIpc) is 2.64. The third-order valence-corrected chi connectivity index (χ3v) is 8.78. The predicted molar refractivity (Wildman–Crippen MR) is 131 cm³/mol. The van der Waals surface area contributed by atoms with Crippen LogP contribution in [-0.4, -0.2) is 38.4 Å². The summed E-state index contributed by atoms with van der Waals surface area (Å²) in [6.07, 6.45) is 0. The molecule has 0 saturated carbocycles. The second kappa shape index (κ2) is 9.55. The summed E-state index contributed by atoms with van der Waals surface area (Å²) >= 11 is 0.345. The van der Waals surface area contributed by atoms with Gasteiger partial charge in [0.2, 0.25) is 0 Å². The van der Waals surface area contributed by atoms with Crippen molar-refractivity contribution < 1.29 is 30.0 Å². The molecule has 0 N–H and O–H groups in total. The van der Waals surface area contributed by atoms with E-state index in [9.17, 15) is 30.0 Å². The van der Waals surface area contributed by atoms with Crippen LogP contribution in [-0.2, 0) is 10.8 Å². The molecule has 1 aromatic carbocycles. The Morgan fingerprint density at radius 2 is 1.21 bits per heavy atom. The van der Waals surface area contributed by atoms with Crippen molar-refractivity contribution in [3.05, 3.63) is 50.8 Å². The van der Waals surface area contributed by atoms with Gasteiger partial charge in [-0.05, 0) is 0 Å². The Bertz CT molecular complexity index is 977. The zero-order valence-corrected chi connectivity index (χ0v) is 23.5. The summed E-state index contributed by atoms with van der Waals surface area (Å²) in [6, 6.07) is 12.7. The molecule has 0 aliphatic carbocycles. The molecular weight excluding hydrogens is 542 g/mol. The van der Waals surface area contributed by atoms with Crippen LogP contribution in [0.3, 0.4) is 0 Å². The molecule has 2 rings (SSSR count). The van der Waals surface area contributed by atoms with Crippen molar-refractivity contribution in [2.75, 3.05) is 13.1 Å². The SMILES string of the molecule is CCN(CC)C(=O)c1ccccc1-c1cc(C(C)(C)C)[se+]c(C(C)(C)C)c1.F[P-](F)(F)(F)(F)F. The third kappa shape index (κ3) is 10.9. The van der Waals surface area contributed by atoms with Crippen LogP contribution >= 0.6 is 7.81 Å². The van der Waals surface area contributed by atoms with Gasteiger partial charge in [0.1, 0.15) is 0 Å². The van der Waals surface area contributed by atoms with Gasteiger partial charge in [-0.1, -0.05) is 0 Å². The fraction of sp³-hybridized carbons (Fsp3) is 0.500. The third-order valence-electron chi connectivity index (χ3n) is 4.79. The molecule has 1 aromatic heterocycles. The normalized spacial score (nSPS) is 14.4. The van der Waals surface area contributed by atoms with Crippen LogP contribution < -0.4 is 0 Å². The number of hydrogen-bond acceptors (Lipinski definition) is 1. The first kappa shape index (κ1) is 30.6. The average molecular weight is 576 g/mol. The van der Waals surface area contributed by atoms with E-state index in [2.05, 4.69) is 59.7 Å². The molecule has 0 atom stereocenters. The van der Waals surface area contributed by atoms with Gasteiger partial charge in [-0.2, -0.15) is 0 Å². The number of carbonyl (C=O) groups excluding carboxylic acids is 1. The van der Waals surface area contributed by atoms with Crippen molar-refractivity contribution in [1.29, 1.82) is 0 Å². The summed E-state index contributed by atoms with van der Waals surface area (Å²) in [6.45, 7) is 19.3. The summed E-state index contributed by atoms with van der Waals surface area (Å²) in [7, 11) is -10.7. The van der Waals surface area contributed by atoms with Crippen molar-refractivity contribution in [3.8, 4) is 11.1 Å². The number of rotatable bonds is 4. The number of hydrogen-bond donors (Lipinski definition) is 0. The Morgan fingerprint density at radius 1 is 0.824 bits per heavy atom. The molecule has 34 heavy (non-hydrogen) atoms. The minimum absolute atomic E-state index is 0.121. The van der Waals surface area contributed by atoms with E-state index in [-0.39, 0.29) is 16.7 Å². The molecule has 0 aliphatic rings. The van der Waals surface area contributed by atoms with Crippen LogP contribution in [0.5, 0.6) is 0 Å². The Balaban J connectivity index is 0.000000718. The molecule has 0 saturated heterocycles. The van der Waals surface area contributed by atoms with Crippen molar-refractivity contribution in [3.63, 3.8) is 0 Å². The van der Waals surface area contributed by atoms with E-state index in [1.54, 1.807) is 0 Å². The molecule has 10 heteroatoms. The Labute approximate surface area is 204 Å². The fourth-order valence-electron chi connectivity index (χ4n) is 3.00.